The second-order valence-corrected chi connectivity index (χ2v) is 7.41. The lowest BCUT2D eigenvalue weighted by atomic mass is 9.84. The van der Waals surface area contributed by atoms with E-state index >= 15 is 0 Å². The van der Waals surface area contributed by atoms with Crippen LogP contribution in [0.25, 0.3) is 0 Å². The van der Waals surface area contributed by atoms with Crippen molar-refractivity contribution in [1.82, 2.24) is 4.90 Å². The Morgan fingerprint density at radius 2 is 1.91 bits per heavy atom. The number of rotatable bonds is 11. The second-order valence-electron chi connectivity index (χ2n) is 7.41. The van der Waals surface area contributed by atoms with Crippen LogP contribution in [0.3, 0.4) is 0 Å². The van der Waals surface area contributed by atoms with E-state index in [0.717, 1.165) is 25.5 Å². The van der Waals surface area contributed by atoms with E-state index in [-0.39, 0.29) is 17.7 Å². The van der Waals surface area contributed by atoms with Gasteiger partial charge in [-0.25, -0.2) is 0 Å². The number of imide groups is 1. The number of amides is 2. The summed E-state index contributed by atoms with van der Waals surface area (Å²) in [6.07, 6.45) is 8.87. The van der Waals surface area contributed by atoms with Crippen molar-refractivity contribution in [2.24, 2.45) is 11.8 Å². The number of hydrogen-bond donors (Lipinski definition) is 0. The van der Waals surface area contributed by atoms with E-state index in [1.54, 1.807) is 0 Å². The van der Waals surface area contributed by atoms with E-state index in [4.69, 9.17) is 0 Å². The SMILES string of the molecule is CCCCCCC(CC)C1CC(=O)N(C(C)(C)CCC=O)C1=O. The molecule has 1 fully saturated rings. The number of likely N-dealkylation sites (tertiary alicyclic amines) is 1. The summed E-state index contributed by atoms with van der Waals surface area (Å²) < 4.78 is 0. The zero-order valence-corrected chi connectivity index (χ0v) is 15.3. The van der Waals surface area contributed by atoms with Gasteiger partial charge in [0.05, 0.1) is 5.92 Å². The number of nitrogens with zero attached hydrogens (tertiary/aromatic N) is 1. The topological polar surface area (TPSA) is 54.5 Å². The van der Waals surface area contributed by atoms with E-state index in [0.29, 0.717) is 25.2 Å². The zero-order valence-electron chi connectivity index (χ0n) is 15.3. The lowest BCUT2D eigenvalue weighted by molar-refractivity contribution is -0.146. The summed E-state index contributed by atoms with van der Waals surface area (Å²) in [5, 5.41) is 0. The molecule has 0 N–H and O–H groups in total. The molecule has 1 aliphatic rings. The van der Waals surface area contributed by atoms with Gasteiger partial charge in [0.25, 0.3) is 0 Å². The summed E-state index contributed by atoms with van der Waals surface area (Å²) >= 11 is 0. The molecule has 1 heterocycles. The van der Waals surface area contributed by atoms with Crippen molar-refractivity contribution in [2.75, 3.05) is 0 Å². The Morgan fingerprint density at radius 1 is 1.22 bits per heavy atom. The summed E-state index contributed by atoms with van der Waals surface area (Å²) in [4.78, 5) is 37.3. The summed E-state index contributed by atoms with van der Waals surface area (Å²) in [5.41, 5.74) is -0.565. The second kappa shape index (κ2) is 9.19. The van der Waals surface area contributed by atoms with Crippen molar-refractivity contribution in [2.45, 2.75) is 91.0 Å². The number of carbonyl (C=O) groups excluding carboxylic acids is 3. The minimum atomic E-state index is -0.565. The predicted molar refractivity (Wildman–Crippen MR) is 91.9 cm³/mol. The van der Waals surface area contributed by atoms with E-state index < -0.39 is 5.54 Å². The van der Waals surface area contributed by atoms with Crippen molar-refractivity contribution >= 4 is 18.1 Å². The molecule has 1 aliphatic heterocycles. The Morgan fingerprint density at radius 3 is 2.48 bits per heavy atom. The van der Waals surface area contributed by atoms with Gasteiger partial charge >= 0.3 is 0 Å². The molecule has 23 heavy (non-hydrogen) atoms. The Labute approximate surface area is 141 Å². The van der Waals surface area contributed by atoms with Crippen LogP contribution in [0.1, 0.15) is 85.5 Å². The molecule has 132 valence electrons. The van der Waals surface area contributed by atoms with Gasteiger partial charge in [0.2, 0.25) is 11.8 Å². The van der Waals surface area contributed by atoms with E-state index in [2.05, 4.69) is 13.8 Å². The average Bonchev–Trinajstić information content (AvgIpc) is 2.81. The van der Waals surface area contributed by atoms with Crippen LogP contribution in [0, 0.1) is 11.8 Å². The highest BCUT2D eigenvalue weighted by atomic mass is 16.2. The Kier molecular flexibility index (Phi) is 7.93. The molecule has 2 amide bonds. The van der Waals surface area contributed by atoms with Crippen molar-refractivity contribution in [1.29, 1.82) is 0 Å². The molecule has 4 nitrogen and oxygen atoms in total. The monoisotopic (exact) mass is 323 g/mol. The zero-order chi connectivity index (χ0) is 17.5. The van der Waals surface area contributed by atoms with Crippen LogP contribution in [0.5, 0.6) is 0 Å². The smallest absolute Gasteiger partial charge is 0.233 e. The molecular formula is C19H33NO3. The minimum absolute atomic E-state index is 0.0201. The van der Waals surface area contributed by atoms with Gasteiger partial charge in [0.1, 0.15) is 6.29 Å². The maximum absolute atomic E-state index is 12.8. The third kappa shape index (κ3) is 5.15. The summed E-state index contributed by atoms with van der Waals surface area (Å²) in [5.74, 6) is 0.0518. The number of carbonyl (C=O) groups is 3. The third-order valence-electron chi connectivity index (χ3n) is 5.18. The van der Waals surface area contributed by atoms with Gasteiger partial charge in [0, 0.05) is 18.4 Å². The first-order chi connectivity index (χ1) is 10.9. The summed E-state index contributed by atoms with van der Waals surface area (Å²) in [7, 11) is 0. The highest BCUT2D eigenvalue weighted by Crippen LogP contribution is 2.36. The molecule has 0 aromatic rings. The quantitative estimate of drug-likeness (QED) is 0.326. The van der Waals surface area contributed by atoms with Crippen LogP contribution >= 0.6 is 0 Å². The first-order valence-electron chi connectivity index (χ1n) is 9.19. The van der Waals surface area contributed by atoms with Crippen LogP contribution < -0.4 is 0 Å². The number of aldehydes is 1. The molecule has 0 spiro atoms. The average molecular weight is 323 g/mol. The molecule has 0 saturated carbocycles. The van der Waals surface area contributed by atoms with Gasteiger partial charge in [-0.05, 0) is 32.6 Å². The highest BCUT2D eigenvalue weighted by Gasteiger charge is 2.47. The fourth-order valence-electron chi connectivity index (χ4n) is 3.71. The first kappa shape index (κ1) is 19.9. The Hall–Kier alpha value is -1.19. The van der Waals surface area contributed by atoms with E-state index in [9.17, 15) is 14.4 Å². The highest BCUT2D eigenvalue weighted by molar-refractivity contribution is 6.04. The molecule has 2 unspecified atom stereocenters. The maximum atomic E-state index is 12.8. The van der Waals surface area contributed by atoms with Gasteiger partial charge in [-0.3, -0.25) is 14.5 Å². The standard InChI is InChI=1S/C19H33NO3/c1-5-7-8-9-11-15(6-2)16-14-17(22)20(18(16)23)19(3,4)12-10-13-21/h13,15-16H,5-12,14H2,1-4H3. The normalized spacial score (nSPS) is 20.2. The Bertz CT molecular complexity index is 417. The van der Waals surface area contributed by atoms with Crippen LogP contribution in [0.4, 0.5) is 0 Å². The lowest BCUT2D eigenvalue weighted by Crippen LogP contribution is -2.48. The molecule has 0 bridgehead atoms. The molecule has 0 radical (unpaired) electrons. The first-order valence-corrected chi connectivity index (χ1v) is 9.19. The Balaban J connectivity index is 2.73. The fraction of sp³-hybridized carbons (Fsp3) is 0.842. The van der Waals surface area contributed by atoms with Gasteiger partial charge in [0.15, 0.2) is 0 Å². The molecule has 2 atom stereocenters. The van der Waals surface area contributed by atoms with E-state index in [1.807, 2.05) is 13.8 Å². The van der Waals surface area contributed by atoms with Gasteiger partial charge in [-0.1, -0.05) is 46.0 Å². The van der Waals surface area contributed by atoms with Crippen molar-refractivity contribution < 1.29 is 14.4 Å². The summed E-state index contributed by atoms with van der Waals surface area (Å²) in [6, 6.07) is 0. The predicted octanol–water partition coefficient (Wildman–Crippen LogP) is 4.12. The van der Waals surface area contributed by atoms with Gasteiger partial charge in [-0.2, -0.15) is 0 Å². The van der Waals surface area contributed by atoms with Crippen LogP contribution in [-0.2, 0) is 14.4 Å². The van der Waals surface area contributed by atoms with Crippen LogP contribution in [0.15, 0.2) is 0 Å². The minimum Gasteiger partial charge on any atom is -0.303 e. The van der Waals surface area contributed by atoms with Crippen LogP contribution in [0.2, 0.25) is 0 Å². The molecule has 0 aliphatic carbocycles. The maximum Gasteiger partial charge on any atom is 0.233 e. The van der Waals surface area contributed by atoms with Crippen molar-refractivity contribution in [3.63, 3.8) is 0 Å². The third-order valence-corrected chi connectivity index (χ3v) is 5.18. The number of hydrogen-bond acceptors (Lipinski definition) is 3. The fourth-order valence-corrected chi connectivity index (χ4v) is 3.71. The number of unbranched alkanes of at least 4 members (excludes halogenated alkanes) is 3. The van der Waals surface area contributed by atoms with Gasteiger partial charge < -0.3 is 4.79 Å². The molecule has 1 rings (SSSR count). The van der Waals surface area contributed by atoms with Crippen molar-refractivity contribution in [3.8, 4) is 0 Å². The van der Waals surface area contributed by atoms with Crippen LogP contribution in [-0.4, -0.2) is 28.5 Å². The van der Waals surface area contributed by atoms with Crippen molar-refractivity contribution in [3.05, 3.63) is 0 Å². The largest absolute Gasteiger partial charge is 0.303 e. The molecule has 0 aromatic heterocycles. The molecule has 0 aromatic carbocycles. The molecule has 4 heteroatoms. The van der Waals surface area contributed by atoms with E-state index in [1.165, 1.54) is 24.2 Å². The summed E-state index contributed by atoms with van der Waals surface area (Å²) in [6.45, 7) is 8.08. The molecule has 1 saturated heterocycles. The molecular weight excluding hydrogens is 290 g/mol. The van der Waals surface area contributed by atoms with Gasteiger partial charge in [-0.15, -0.1) is 0 Å². The lowest BCUT2D eigenvalue weighted by Gasteiger charge is -2.34.